The Labute approximate surface area is 149 Å². The maximum absolute atomic E-state index is 12.6. The molecule has 0 aliphatic heterocycles. The van der Waals surface area contributed by atoms with Crippen molar-refractivity contribution in [3.63, 3.8) is 0 Å². The average Bonchev–Trinajstić information content (AvgIpc) is 2.57. The van der Waals surface area contributed by atoms with Gasteiger partial charge in [-0.15, -0.1) is 0 Å². The van der Waals surface area contributed by atoms with Crippen LogP contribution in [0.2, 0.25) is 10.0 Å². The summed E-state index contributed by atoms with van der Waals surface area (Å²) in [4.78, 5) is 16.8. The summed E-state index contributed by atoms with van der Waals surface area (Å²) >= 11 is 12.1. The van der Waals surface area contributed by atoms with Crippen molar-refractivity contribution in [3.05, 3.63) is 82.5 Å². The molecular weight excluding hydrogens is 345 g/mol. The zero-order valence-corrected chi connectivity index (χ0v) is 14.0. The van der Waals surface area contributed by atoms with E-state index in [0.717, 1.165) is 0 Å². The van der Waals surface area contributed by atoms with Crippen LogP contribution in [0.25, 0.3) is 0 Å². The van der Waals surface area contributed by atoms with Gasteiger partial charge in [-0.1, -0.05) is 41.4 Å². The number of rotatable bonds is 4. The van der Waals surface area contributed by atoms with Crippen LogP contribution in [-0.2, 0) is 0 Å². The van der Waals surface area contributed by atoms with Crippen molar-refractivity contribution >= 4 is 46.3 Å². The molecule has 0 spiro atoms. The average molecular weight is 358 g/mol. The van der Waals surface area contributed by atoms with Crippen LogP contribution in [0.5, 0.6) is 0 Å². The number of hydrogen-bond acceptors (Lipinski definition) is 3. The molecule has 3 aromatic rings. The number of aromatic nitrogens is 1. The summed E-state index contributed by atoms with van der Waals surface area (Å²) in [7, 11) is 0. The quantitative estimate of drug-likeness (QED) is 0.658. The minimum atomic E-state index is -0.292. The van der Waals surface area contributed by atoms with Crippen LogP contribution in [0.3, 0.4) is 0 Å². The summed E-state index contributed by atoms with van der Waals surface area (Å²) in [6, 6.07) is 17.6. The highest BCUT2D eigenvalue weighted by Crippen LogP contribution is 2.26. The van der Waals surface area contributed by atoms with E-state index in [4.69, 9.17) is 23.2 Å². The number of pyridine rings is 1. The molecule has 2 N–H and O–H groups in total. The topological polar surface area (TPSA) is 54.0 Å². The summed E-state index contributed by atoms with van der Waals surface area (Å²) in [5.74, 6) is 0.130. The van der Waals surface area contributed by atoms with E-state index < -0.39 is 0 Å². The van der Waals surface area contributed by atoms with Gasteiger partial charge in [0.25, 0.3) is 5.91 Å². The maximum atomic E-state index is 12.6. The van der Waals surface area contributed by atoms with Crippen molar-refractivity contribution in [2.45, 2.75) is 0 Å². The Balaban J connectivity index is 1.86. The van der Waals surface area contributed by atoms with E-state index in [1.807, 2.05) is 18.2 Å². The van der Waals surface area contributed by atoms with E-state index in [-0.39, 0.29) is 5.91 Å². The molecule has 120 valence electrons. The second-order valence-corrected chi connectivity index (χ2v) is 5.81. The van der Waals surface area contributed by atoms with Gasteiger partial charge in [0.15, 0.2) is 0 Å². The number of carbonyl (C=O) groups excluding carboxylic acids is 1. The van der Waals surface area contributed by atoms with Crippen LogP contribution in [-0.4, -0.2) is 10.9 Å². The van der Waals surface area contributed by atoms with E-state index in [1.165, 1.54) is 0 Å². The Morgan fingerprint density at radius 3 is 2.58 bits per heavy atom. The number of anilines is 3. The van der Waals surface area contributed by atoms with Crippen molar-refractivity contribution in [3.8, 4) is 0 Å². The number of nitrogens with one attached hydrogen (secondary N) is 2. The zero-order chi connectivity index (χ0) is 16.9. The minimum Gasteiger partial charge on any atom is -0.338 e. The van der Waals surface area contributed by atoms with Crippen LogP contribution in [0.4, 0.5) is 17.2 Å². The van der Waals surface area contributed by atoms with Crippen molar-refractivity contribution in [2.24, 2.45) is 0 Å². The zero-order valence-electron chi connectivity index (χ0n) is 12.5. The molecule has 0 atom stereocenters. The maximum Gasteiger partial charge on any atom is 0.259 e. The number of halogens is 2. The summed E-state index contributed by atoms with van der Waals surface area (Å²) in [5.41, 5.74) is 1.69. The lowest BCUT2D eigenvalue weighted by molar-refractivity contribution is 0.102. The standard InChI is InChI=1S/C18H13Cl2N3O/c19-12-5-3-6-13(11-12)22-18(24)14-7-4-10-21-17(14)23-16-9-2-1-8-15(16)20/h1-11H,(H,21,23)(H,22,24). The van der Waals surface area contributed by atoms with E-state index in [0.29, 0.717) is 32.8 Å². The van der Waals surface area contributed by atoms with E-state index in [9.17, 15) is 4.79 Å². The van der Waals surface area contributed by atoms with E-state index in [1.54, 1.807) is 48.7 Å². The summed E-state index contributed by atoms with van der Waals surface area (Å²) in [6.45, 7) is 0. The number of hydrogen-bond donors (Lipinski definition) is 2. The molecule has 0 unspecified atom stereocenters. The Morgan fingerprint density at radius 1 is 0.958 bits per heavy atom. The summed E-state index contributed by atoms with van der Waals surface area (Å²) in [5, 5.41) is 6.99. The van der Waals surface area contributed by atoms with Crippen LogP contribution >= 0.6 is 23.2 Å². The lowest BCUT2D eigenvalue weighted by Crippen LogP contribution is -2.14. The van der Waals surface area contributed by atoms with Gasteiger partial charge >= 0.3 is 0 Å². The number of para-hydroxylation sites is 1. The van der Waals surface area contributed by atoms with Crippen molar-refractivity contribution in [1.82, 2.24) is 4.98 Å². The van der Waals surface area contributed by atoms with Crippen molar-refractivity contribution in [2.75, 3.05) is 10.6 Å². The van der Waals surface area contributed by atoms with E-state index in [2.05, 4.69) is 15.6 Å². The molecule has 0 aliphatic carbocycles. The van der Waals surface area contributed by atoms with Crippen LogP contribution in [0.15, 0.2) is 66.9 Å². The monoisotopic (exact) mass is 357 g/mol. The highest BCUT2D eigenvalue weighted by Gasteiger charge is 2.13. The van der Waals surface area contributed by atoms with Crippen LogP contribution < -0.4 is 10.6 Å². The van der Waals surface area contributed by atoms with Gasteiger partial charge in [-0.3, -0.25) is 4.79 Å². The third-order valence-electron chi connectivity index (χ3n) is 3.26. The Hall–Kier alpha value is -2.56. The fourth-order valence-electron chi connectivity index (χ4n) is 2.14. The Morgan fingerprint density at radius 2 is 1.79 bits per heavy atom. The van der Waals surface area contributed by atoms with Crippen molar-refractivity contribution < 1.29 is 4.79 Å². The fraction of sp³-hybridized carbons (Fsp3) is 0. The first-order valence-electron chi connectivity index (χ1n) is 7.17. The predicted octanol–water partition coefficient (Wildman–Crippen LogP) is 5.38. The third-order valence-corrected chi connectivity index (χ3v) is 3.83. The molecule has 0 radical (unpaired) electrons. The van der Waals surface area contributed by atoms with Gasteiger partial charge in [-0.05, 0) is 42.5 Å². The normalized spacial score (nSPS) is 10.2. The second-order valence-electron chi connectivity index (χ2n) is 4.97. The molecule has 1 heterocycles. The summed E-state index contributed by atoms with van der Waals surface area (Å²) < 4.78 is 0. The fourth-order valence-corrected chi connectivity index (χ4v) is 2.52. The SMILES string of the molecule is O=C(Nc1cccc(Cl)c1)c1cccnc1Nc1ccccc1Cl. The molecule has 0 aliphatic rings. The predicted molar refractivity (Wildman–Crippen MR) is 98.4 cm³/mol. The smallest absolute Gasteiger partial charge is 0.259 e. The van der Waals surface area contributed by atoms with Gasteiger partial charge in [0, 0.05) is 16.9 Å². The van der Waals surface area contributed by atoms with Gasteiger partial charge in [0.1, 0.15) is 5.82 Å². The first kappa shape index (κ1) is 16.3. The highest BCUT2D eigenvalue weighted by molar-refractivity contribution is 6.33. The molecule has 4 nitrogen and oxygen atoms in total. The van der Waals surface area contributed by atoms with Crippen molar-refractivity contribution in [1.29, 1.82) is 0 Å². The van der Waals surface area contributed by atoms with Gasteiger partial charge in [-0.25, -0.2) is 4.98 Å². The largest absolute Gasteiger partial charge is 0.338 e. The first-order chi connectivity index (χ1) is 11.6. The molecule has 6 heteroatoms. The van der Waals surface area contributed by atoms with Gasteiger partial charge in [0.2, 0.25) is 0 Å². The molecule has 1 amide bonds. The molecule has 0 fully saturated rings. The lowest BCUT2D eigenvalue weighted by Gasteiger charge is -2.12. The molecule has 1 aromatic heterocycles. The molecule has 2 aromatic carbocycles. The van der Waals surface area contributed by atoms with Gasteiger partial charge in [0.05, 0.1) is 16.3 Å². The first-order valence-corrected chi connectivity index (χ1v) is 7.92. The highest BCUT2D eigenvalue weighted by atomic mass is 35.5. The van der Waals surface area contributed by atoms with Gasteiger partial charge in [-0.2, -0.15) is 0 Å². The number of amides is 1. The minimum absolute atomic E-state index is 0.292. The molecular formula is C18H13Cl2N3O. The lowest BCUT2D eigenvalue weighted by atomic mass is 10.2. The van der Waals surface area contributed by atoms with Gasteiger partial charge < -0.3 is 10.6 Å². The molecule has 0 saturated heterocycles. The second kappa shape index (κ2) is 7.34. The molecule has 3 rings (SSSR count). The third kappa shape index (κ3) is 3.85. The number of benzene rings is 2. The van der Waals surface area contributed by atoms with Crippen LogP contribution in [0, 0.1) is 0 Å². The Kier molecular flexibility index (Phi) is 4.99. The summed E-state index contributed by atoms with van der Waals surface area (Å²) in [6.07, 6.45) is 1.61. The molecule has 0 saturated carbocycles. The molecule has 24 heavy (non-hydrogen) atoms. The van der Waals surface area contributed by atoms with Crippen LogP contribution in [0.1, 0.15) is 10.4 Å². The van der Waals surface area contributed by atoms with E-state index >= 15 is 0 Å². The number of nitrogens with zero attached hydrogens (tertiary/aromatic N) is 1. The molecule has 0 bridgehead atoms. The Bertz CT molecular complexity index is 883. The number of carbonyl (C=O) groups is 1.